The van der Waals surface area contributed by atoms with E-state index >= 15 is 0 Å². The molecule has 5 nitrogen and oxygen atoms in total. The second-order valence-electron chi connectivity index (χ2n) is 4.00. The Labute approximate surface area is 106 Å². The van der Waals surface area contributed by atoms with Gasteiger partial charge in [-0.1, -0.05) is 26.2 Å². The van der Waals surface area contributed by atoms with Crippen LogP contribution in [0.1, 0.15) is 43.0 Å². The Balaban J connectivity index is 2.57. The topological polar surface area (TPSA) is 69.4 Å². The van der Waals surface area contributed by atoms with Crippen LogP contribution in [0.2, 0.25) is 0 Å². The summed E-state index contributed by atoms with van der Waals surface area (Å²) >= 11 is 0. The van der Waals surface area contributed by atoms with Crippen LogP contribution >= 0.6 is 0 Å². The molecule has 0 aliphatic rings. The van der Waals surface area contributed by atoms with Crippen LogP contribution in [0, 0.1) is 10.1 Å². The van der Waals surface area contributed by atoms with Crippen molar-refractivity contribution in [2.24, 2.45) is 0 Å². The van der Waals surface area contributed by atoms with Gasteiger partial charge in [-0.05, 0) is 18.6 Å². The molecule has 0 atom stereocenters. The highest BCUT2D eigenvalue weighted by atomic mass is 16.6. The van der Waals surface area contributed by atoms with Crippen LogP contribution in [-0.4, -0.2) is 17.8 Å². The SMILES string of the molecule is CCCCCCOc1ccc([N+](=O)[O-])c(C=O)c1. The van der Waals surface area contributed by atoms with E-state index in [0.717, 1.165) is 19.3 Å². The van der Waals surface area contributed by atoms with Crippen molar-refractivity contribution in [2.75, 3.05) is 6.61 Å². The predicted molar refractivity (Wildman–Crippen MR) is 68.1 cm³/mol. The van der Waals surface area contributed by atoms with Crippen LogP contribution in [0.5, 0.6) is 5.75 Å². The number of nitrogens with zero attached hydrogens (tertiary/aromatic N) is 1. The largest absolute Gasteiger partial charge is 0.494 e. The van der Waals surface area contributed by atoms with E-state index in [1.807, 2.05) is 0 Å². The molecule has 18 heavy (non-hydrogen) atoms. The number of hydrogen-bond donors (Lipinski definition) is 0. The fourth-order valence-corrected chi connectivity index (χ4v) is 1.60. The van der Waals surface area contributed by atoms with E-state index in [4.69, 9.17) is 4.74 Å². The summed E-state index contributed by atoms with van der Waals surface area (Å²) in [6.07, 6.45) is 4.85. The van der Waals surface area contributed by atoms with E-state index in [-0.39, 0.29) is 11.3 Å². The van der Waals surface area contributed by atoms with Crippen molar-refractivity contribution < 1.29 is 14.5 Å². The maximum Gasteiger partial charge on any atom is 0.280 e. The Morgan fingerprint density at radius 1 is 1.33 bits per heavy atom. The van der Waals surface area contributed by atoms with Crippen molar-refractivity contribution in [2.45, 2.75) is 32.6 Å². The molecule has 0 saturated carbocycles. The second kappa shape index (κ2) is 7.42. The molecule has 0 radical (unpaired) electrons. The van der Waals surface area contributed by atoms with E-state index in [1.165, 1.54) is 24.6 Å². The molecule has 0 spiro atoms. The van der Waals surface area contributed by atoms with Gasteiger partial charge in [0.05, 0.1) is 17.1 Å². The van der Waals surface area contributed by atoms with Crippen molar-refractivity contribution in [3.63, 3.8) is 0 Å². The summed E-state index contributed by atoms with van der Waals surface area (Å²) in [6.45, 7) is 2.70. The van der Waals surface area contributed by atoms with Crippen LogP contribution in [0.15, 0.2) is 18.2 Å². The molecule has 0 unspecified atom stereocenters. The molecule has 0 amide bonds. The van der Waals surface area contributed by atoms with Gasteiger partial charge in [-0.2, -0.15) is 0 Å². The van der Waals surface area contributed by atoms with Gasteiger partial charge < -0.3 is 4.74 Å². The highest BCUT2D eigenvalue weighted by Crippen LogP contribution is 2.22. The molecule has 0 aliphatic heterocycles. The van der Waals surface area contributed by atoms with E-state index < -0.39 is 4.92 Å². The van der Waals surface area contributed by atoms with Crippen molar-refractivity contribution in [3.8, 4) is 5.75 Å². The van der Waals surface area contributed by atoms with Crippen molar-refractivity contribution in [1.29, 1.82) is 0 Å². The first kappa shape index (κ1) is 14.2. The summed E-state index contributed by atoms with van der Waals surface area (Å²) in [4.78, 5) is 20.8. The maximum absolute atomic E-state index is 10.7. The zero-order valence-corrected chi connectivity index (χ0v) is 10.4. The molecule has 0 saturated heterocycles. The van der Waals surface area contributed by atoms with Crippen LogP contribution in [0.4, 0.5) is 5.69 Å². The van der Waals surface area contributed by atoms with Gasteiger partial charge in [0, 0.05) is 6.07 Å². The fraction of sp³-hybridized carbons (Fsp3) is 0.462. The predicted octanol–water partition coefficient (Wildman–Crippen LogP) is 3.37. The standard InChI is InChI=1S/C13H17NO4/c1-2-3-4-5-8-18-12-6-7-13(14(16)17)11(9-12)10-15/h6-7,9-10H,2-5,8H2,1H3. The van der Waals surface area contributed by atoms with Crippen molar-refractivity contribution in [3.05, 3.63) is 33.9 Å². The molecule has 0 N–H and O–H groups in total. The third kappa shape index (κ3) is 4.16. The van der Waals surface area contributed by atoms with Gasteiger partial charge in [0.25, 0.3) is 5.69 Å². The van der Waals surface area contributed by atoms with Crippen molar-refractivity contribution in [1.82, 2.24) is 0 Å². The maximum atomic E-state index is 10.7. The smallest absolute Gasteiger partial charge is 0.280 e. The van der Waals surface area contributed by atoms with E-state index in [0.29, 0.717) is 18.6 Å². The Morgan fingerprint density at radius 2 is 2.11 bits per heavy atom. The highest BCUT2D eigenvalue weighted by Gasteiger charge is 2.13. The van der Waals surface area contributed by atoms with Gasteiger partial charge in [-0.15, -0.1) is 0 Å². The summed E-state index contributed by atoms with van der Waals surface area (Å²) in [7, 11) is 0. The summed E-state index contributed by atoms with van der Waals surface area (Å²) in [5.41, 5.74) is -0.144. The van der Waals surface area contributed by atoms with Gasteiger partial charge in [-0.25, -0.2) is 0 Å². The van der Waals surface area contributed by atoms with Gasteiger partial charge in [-0.3, -0.25) is 14.9 Å². The number of nitro benzene ring substituents is 1. The lowest BCUT2D eigenvalue weighted by atomic mass is 10.2. The summed E-state index contributed by atoms with van der Waals surface area (Å²) in [6, 6.07) is 4.22. The minimum Gasteiger partial charge on any atom is -0.494 e. The fourth-order valence-electron chi connectivity index (χ4n) is 1.60. The number of ether oxygens (including phenoxy) is 1. The molecule has 0 bridgehead atoms. The first-order valence-electron chi connectivity index (χ1n) is 6.05. The number of rotatable bonds is 8. The second-order valence-corrected chi connectivity index (χ2v) is 4.00. The third-order valence-corrected chi connectivity index (χ3v) is 2.59. The minimum atomic E-state index is -0.575. The van der Waals surface area contributed by atoms with E-state index in [1.54, 1.807) is 0 Å². The number of aldehydes is 1. The van der Waals surface area contributed by atoms with Crippen LogP contribution in [-0.2, 0) is 0 Å². The molecule has 1 aromatic rings. The lowest BCUT2D eigenvalue weighted by Crippen LogP contribution is -1.99. The van der Waals surface area contributed by atoms with Crippen molar-refractivity contribution >= 4 is 12.0 Å². The number of carbonyl (C=O) groups excluding carboxylic acids is 1. The molecule has 0 aliphatic carbocycles. The molecular weight excluding hydrogens is 234 g/mol. The summed E-state index contributed by atoms with van der Waals surface area (Å²) in [5, 5.41) is 10.6. The zero-order valence-electron chi connectivity index (χ0n) is 10.4. The van der Waals surface area contributed by atoms with E-state index in [9.17, 15) is 14.9 Å². The molecule has 0 fully saturated rings. The van der Waals surface area contributed by atoms with Gasteiger partial charge in [0.1, 0.15) is 5.75 Å². The molecular formula is C13H17NO4. The van der Waals surface area contributed by atoms with Crippen LogP contribution in [0.25, 0.3) is 0 Å². The number of unbranched alkanes of at least 4 members (excludes halogenated alkanes) is 3. The Bertz CT molecular complexity index is 417. The van der Waals surface area contributed by atoms with E-state index in [2.05, 4.69) is 6.92 Å². The average Bonchev–Trinajstić information content (AvgIpc) is 2.38. The lowest BCUT2D eigenvalue weighted by Gasteiger charge is -2.06. The Hall–Kier alpha value is -1.91. The number of benzene rings is 1. The molecule has 98 valence electrons. The number of carbonyl (C=O) groups is 1. The van der Waals surface area contributed by atoms with Crippen LogP contribution in [0.3, 0.4) is 0 Å². The molecule has 0 aromatic heterocycles. The Morgan fingerprint density at radius 3 is 2.72 bits per heavy atom. The number of hydrogen-bond acceptors (Lipinski definition) is 4. The van der Waals surface area contributed by atoms with Gasteiger partial charge in [0.15, 0.2) is 6.29 Å². The quantitative estimate of drug-likeness (QED) is 0.307. The first-order chi connectivity index (χ1) is 8.69. The van der Waals surface area contributed by atoms with Gasteiger partial charge in [0.2, 0.25) is 0 Å². The monoisotopic (exact) mass is 251 g/mol. The lowest BCUT2D eigenvalue weighted by molar-refractivity contribution is -0.385. The Kier molecular flexibility index (Phi) is 5.84. The molecule has 0 heterocycles. The first-order valence-corrected chi connectivity index (χ1v) is 6.05. The zero-order chi connectivity index (χ0) is 13.4. The summed E-state index contributed by atoms with van der Waals surface area (Å²) in [5.74, 6) is 0.499. The normalized spacial score (nSPS) is 10.1. The minimum absolute atomic E-state index is 0.0473. The molecule has 5 heteroatoms. The highest BCUT2D eigenvalue weighted by molar-refractivity contribution is 5.82. The third-order valence-electron chi connectivity index (χ3n) is 2.59. The number of nitro groups is 1. The molecule has 1 rings (SSSR count). The average molecular weight is 251 g/mol. The van der Waals surface area contributed by atoms with Crippen LogP contribution < -0.4 is 4.74 Å². The summed E-state index contributed by atoms with van der Waals surface area (Å²) < 4.78 is 5.45. The van der Waals surface area contributed by atoms with Gasteiger partial charge >= 0.3 is 0 Å². The molecule has 1 aromatic carbocycles.